The summed E-state index contributed by atoms with van der Waals surface area (Å²) < 4.78 is 0. The molecular formula is C19H21N5OS. The van der Waals surface area contributed by atoms with Crippen molar-refractivity contribution >= 4 is 40.2 Å². The second-order valence-electron chi connectivity index (χ2n) is 6.23. The van der Waals surface area contributed by atoms with Crippen LogP contribution in [-0.4, -0.2) is 41.2 Å². The van der Waals surface area contributed by atoms with Gasteiger partial charge in [0.2, 0.25) is 5.82 Å². The van der Waals surface area contributed by atoms with E-state index < -0.39 is 0 Å². The van der Waals surface area contributed by atoms with Gasteiger partial charge in [0.25, 0.3) is 5.91 Å². The van der Waals surface area contributed by atoms with E-state index in [9.17, 15) is 4.79 Å². The fraction of sp³-hybridized carbons (Fsp3) is 0.263. The summed E-state index contributed by atoms with van der Waals surface area (Å²) in [5.74, 6) is 0.434. The van der Waals surface area contributed by atoms with Gasteiger partial charge in [0.1, 0.15) is 5.82 Å². The van der Waals surface area contributed by atoms with Gasteiger partial charge < -0.3 is 10.2 Å². The van der Waals surface area contributed by atoms with E-state index in [0.29, 0.717) is 17.2 Å². The third-order valence-corrected chi connectivity index (χ3v) is 4.69. The van der Waals surface area contributed by atoms with Gasteiger partial charge in [-0.1, -0.05) is 0 Å². The van der Waals surface area contributed by atoms with Crippen molar-refractivity contribution < 1.29 is 4.79 Å². The van der Waals surface area contributed by atoms with Crippen molar-refractivity contribution in [2.24, 2.45) is 0 Å². The smallest absolute Gasteiger partial charge is 0.293 e. The van der Waals surface area contributed by atoms with Crippen LogP contribution in [0.3, 0.4) is 0 Å². The average molecular weight is 367 g/mol. The van der Waals surface area contributed by atoms with Gasteiger partial charge in [0.15, 0.2) is 5.65 Å². The first-order valence-corrected chi connectivity index (χ1v) is 9.40. The zero-order valence-electron chi connectivity index (χ0n) is 15.5. The van der Waals surface area contributed by atoms with Crippen LogP contribution in [0.2, 0.25) is 0 Å². The van der Waals surface area contributed by atoms with Gasteiger partial charge in [-0.15, -0.1) is 11.8 Å². The molecule has 0 saturated carbocycles. The number of nitrogens with one attached hydrogen (secondary N) is 1. The third-order valence-electron chi connectivity index (χ3n) is 3.95. The number of benzene rings is 1. The molecule has 0 aliphatic carbocycles. The van der Waals surface area contributed by atoms with Gasteiger partial charge in [-0.25, -0.2) is 15.0 Å². The number of hydrogen-bond donors (Lipinski definition) is 1. The summed E-state index contributed by atoms with van der Waals surface area (Å²) in [7, 11) is 3.79. The summed E-state index contributed by atoms with van der Waals surface area (Å²) in [6.07, 6.45) is 2.01. The average Bonchev–Trinajstić information content (AvgIpc) is 2.60. The third kappa shape index (κ3) is 3.62. The van der Waals surface area contributed by atoms with Crippen LogP contribution in [0.1, 0.15) is 21.9 Å². The highest BCUT2D eigenvalue weighted by Crippen LogP contribution is 2.26. The molecule has 1 amide bonds. The molecule has 3 rings (SSSR count). The van der Waals surface area contributed by atoms with E-state index in [0.717, 1.165) is 21.5 Å². The second kappa shape index (κ2) is 7.29. The monoisotopic (exact) mass is 367 g/mol. The highest BCUT2D eigenvalue weighted by atomic mass is 32.2. The zero-order chi connectivity index (χ0) is 18.8. The van der Waals surface area contributed by atoms with E-state index in [1.54, 1.807) is 11.8 Å². The Kier molecular flexibility index (Phi) is 5.08. The molecule has 0 bridgehead atoms. The molecule has 1 N–H and O–H groups in total. The molecule has 3 aromatic rings. The maximum atomic E-state index is 12.7. The minimum Gasteiger partial charge on any atom is -0.362 e. The first kappa shape index (κ1) is 18.1. The molecular weight excluding hydrogens is 346 g/mol. The number of carbonyl (C=O) groups excluding carboxylic acids is 1. The molecule has 0 spiro atoms. The number of nitrogens with zero attached hydrogens (tertiary/aromatic N) is 4. The zero-order valence-corrected chi connectivity index (χ0v) is 16.3. The highest BCUT2D eigenvalue weighted by Gasteiger charge is 2.18. The molecule has 0 radical (unpaired) electrons. The van der Waals surface area contributed by atoms with E-state index in [-0.39, 0.29) is 11.7 Å². The van der Waals surface area contributed by atoms with Gasteiger partial charge in [0, 0.05) is 30.4 Å². The summed E-state index contributed by atoms with van der Waals surface area (Å²) in [4.78, 5) is 29.1. The van der Waals surface area contributed by atoms with E-state index >= 15 is 0 Å². The van der Waals surface area contributed by atoms with Gasteiger partial charge >= 0.3 is 0 Å². The normalized spacial score (nSPS) is 10.8. The number of aryl methyl sites for hydroxylation is 2. The molecule has 0 aliphatic heterocycles. The summed E-state index contributed by atoms with van der Waals surface area (Å²) in [5.41, 5.74) is 3.13. The van der Waals surface area contributed by atoms with Crippen molar-refractivity contribution in [2.75, 3.05) is 30.6 Å². The Balaban J connectivity index is 2.02. The molecule has 0 atom stereocenters. The number of fused-ring (bicyclic) bond motifs is 1. The lowest BCUT2D eigenvalue weighted by molar-refractivity contribution is 0.101. The fourth-order valence-corrected chi connectivity index (χ4v) is 3.15. The molecule has 0 aliphatic rings. The maximum absolute atomic E-state index is 12.7. The molecule has 1 aromatic carbocycles. The van der Waals surface area contributed by atoms with Crippen LogP contribution in [0.4, 0.5) is 11.5 Å². The Labute approximate surface area is 157 Å². The van der Waals surface area contributed by atoms with Crippen LogP contribution in [0, 0.1) is 13.8 Å². The van der Waals surface area contributed by atoms with Crippen LogP contribution < -0.4 is 10.2 Å². The molecule has 0 unspecified atom stereocenters. The lowest BCUT2D eigenvalue weighted by Crippen LogP contribution is -2.20. The second-order valence-corrected chi connectivity index (χ2v) is 7.11. The topological polar surface area (TPSA) is 71.0 Å². The largest absolute Gasteiger partial charge is 0.362 e. The molecule has 0 saturated heterocycles. The first-order valence-electron chi connectivity index (χ1n) is 8.17. The number of hydrogen-bond acceptors (Lipinski definition) is 6. The lowest BCUT2D eigenvalue weighted by atomic mass is 10.1. The van der Waals surface area contributed by atoms with Gasteiger partial charge in [0.05, 0.1) is 5.39 Å². The fourth-order valence-electron chi connectivity index (χ4n) is 2.74. The van der Waals surface area contributed by atoms with Crippen molar-refractivity contribution in [1.82, 2.24) is 15.0 Å². The van der Waals surface area contributed by atoms with E-state index in [1.165, 1.54) is 0 Å². The molecule has 2 aromatic heterocycles. The SMILES string of the molecule is CSc1ccc(NC(=O)c2nc(N(C)C)c3c(C)cc(C)nc3n2)cc1. The van der Waals surface area contributed by atoms with E-state index in [2.05, 4.69) is 20.3 Å². The number of rotatable bonds is 4. The predicted molar refractivity (Wildman–Crippen MR) is 107 cm³/mol. The number of amides is 1. The molecule has 0 fully saturated rings. The minimum atomic E-state index is -0.354. The maximum Gasteiger partial charge on any atom is 0.293 e. The van der Waals surface area contributed by atoms with Gasteiger partial charge in [-0.2, -0.15) is 0 Å². The van der Waals surface area contributed by atoms with Crippen molar-refractivity contribution in [3.05, 3.63) is 47.4 Å². The quantitative estimate of drug-likeness (QED) is 0.709. The van der Waals surface area contributed by atoms with Crippen LogP contribution in [0.25, 0.3) is 11.0 Å². The summed E-state index contributed by atoms with van der Waals surface area (Å²) in [6, 6.07) is 9.64. The minimum absolute atomic E-state index is 0.104. The van der Waals surface area contributed by atoms with E-state index in [4.69, 9.17) is 0 Å². The molecule has 6 nitrogen and oxygen atoms in total. The standard InChI is InChI=1S/C19H21N5OS/c1-11-10-12(2)20-16-15(11)18(24(3)4)23-17(22-16)19(25)21-13-6-8-14(26-5)9-7-13/h6-10H,1-5H3,(H,21,25). The molecule has 26 heavy (non-hydrogen) atoms. The number of anilines is 2. The van der Waals surface area contributed by atoms with Crippen LogP contribution in [0.15, 0.2) is 35.2 Å². The van der Waals surface area contributed by atoms with Crippen molar-refractivity contribution in [1.29, 1.82) is 0 Å². The summed E-state index contributed by atoms with van der Waals surface area (Å²) in [5, 5.41) is 3.71. The molecule has 2 heterocycles. The Morgan fingerprint density at radius 3 is 2.38 bits per heavy atom. The lowest BCUT2D eigenvalue weighted by Gasteiger charge is -2.16. The first-order chi connectivity index (χ1) is 12.4. The Hall–Kier alpha value is -2.67. The van der Waals surface area contributed by atoms with Crippen LogP contribution in [0.5, 0.6) is 0 Å². The predicted octanol–water partition coefficient (Wildman–Crippen LogP) is 3.68. The van der Waals surface area contributed by atoms with Crippen molar-refractivity contribution in [3.63, 3.8) is 0 Å². The summed E-state index contributed by atoms with van der Waals surface area (Å²) in [6.45, 7) is 3.91. The summed E-state index contributed by atoms with van der Waals surface area (Å²) >= 11 is 1.65. The van der Waals surface area contributed by atoms with Crippen molar-refractivity contribution in [2.45, 2.75) is 18.7 Å². The molecule has 7 heteroatoms. The number of aromatic nitrogens is 3. The van der Waals surface area contributed by atoms with Gasteiger partial charge in [-0.3, -0.25) is 4.79 Å². The number of carbonyl (C=O) groups is 1. The Morgan fingerprint density at radius 1 is 1.08 bits per heavy atom. The van der Waals surface area contributed by atoms with Gasteiger partial charge in [-0.05, 0) is 56.0 Å². The highest BCUT2D eigenvalue weighted by molar-refractivity contribution is 7.98. The number of pyridine rings is 1. The Morgan fingerprint density at radius 2 is 1.77 bits per heavy atom. The molecule has 134 valence electrons. The Bertz CT molecular complexity index is 970. The van der Waals surface area contributed by atoms with Crippen molar-refractivity contribution in [3.8, 4) is 0 Å². The van der Waals surface area contributed by atoms with E-state index in [1.807, 2.05) is 69.4 Å². The van der Waals surface area contributed by atoms with Crippen LogP contribution >= 0.6 is 11.8 Å². The van der Waals surface area contributed by atoms with Crippen LogP contribution in [-0.2, 0) is 0 Å². The number of thioether (sulfide) groups is 1.